The van der Waals surface area contributed by atoms with Crippen molar-refractivity contribution in [3.63, 3.8) is 0 Å². The predicted molar refractivity (Wildman–Crippen MR) is 136 cm³/mol. The van der Waals surface area contributed by atoms with Gasteiger partial charge in [-0.05, 0) is 64.5 Å². The lowest BCUT2D eigenvalue weighted by molar-refractivity contribution is -0.139. The molecule has 190 valence electrons. The number of thioether (sulfide) groups is 1. The quantitative estimate of drug-likeness (QED) is 0.427. The van der Waals surface area contributed by atoms with E-state index in [0.29, 0.717) is 60.0 Å². The minimum Gasteiger partial charge on any atom is -0.490 e. The summed E-state index contributed by atoms with van der Waals surface area (Å²) in [4.78, 5) is 40.7. The maximum Gasteiger partial charge on any atom is 0.294 e. The molecule has 0 unspecified atom stereocenters. The Labute approximate surface area is 220 Å². The van der Waals surface area contributed by atoms with E-state index in [1.54, 1.807) is 41.3 Å². The first-order valence-corrected chi connectivity index (χ1v) is 12.9. The van der Waals surface area contributed by atoms with Crippen LogP contribution in [0.2, 0.25) is 0 Å². The van der Waals surface area contributed by atoms with E-state index in [1.807, 2.05) is 6.92 Å². The smallest absolute Gasteiger partial charge is 0.294 e. The van der Waals surface area contributed by atoms with Gasteiger partial charge in [0, 0.05) is 18.7 Å². The summed E-state index contributed by atoms with van der Waals surface area (Å²) < 4.78 is 31.3. The third-order valence-electron chi connectivity index (χ3n) is 5.49. The zero-order valence-corrected chi connectivity index (χ0v) is 21.9. The fraction of sp³-hybridized carbons (Fsp3) is 0.320. The number of rotatable bonds is 8. The number of ether oxygens (including phenoxy) is 3. The van der Waals surface area contributed by atoms with Gasteiger partial charge in [0.05, 0.1) is 29.2 Å². The molecule has 0 radical (unpaired) electrons. The molecule has 2 aliphatic heterocycles. The summed E-state index contributed by atoms with van der Waals surface area (Å²) in [5.41, 5.74) is 0.991. The molecule has 2 saturated heterocycles. The van der Waals surface area contributed by atoms with E-state index in [0.717, 1.165) is 16.7 Å². The van der Waals surface area contributed by atoms with Crippen LogP contribution in [0, 0.1) is 5.82 Å². The number of hydrogen-bond donors (Lipinski definition) is 0. The highest BCUT2D eigenvalue weighted by molar-refractivity contribution is 9.10. The summed E-state index contributed by atoms with van der Waals surface area (Å²) in [5.74, 6) is -0.399. The van der Waals surface area contributed by atoms with Crippen molar-refractivity contribution in [3.8, 4) is 11.5 Å². The molecule has 8 nitrogen and oxygen atoms in total. The first-order valence-electron chi connectivity index (χ1n) is 11.3. The number of halogens is 2. The van der Waals surface area contributed by atoms with Crippen molar-refractivity contribution in [2.75, 3.05) is 39.5 Å². The van der Waals surface area contributed by atoms with Crippen LogP contribution in [-0.2, 0) is 20.9 Å². The maximum absolute atomic E-state index is 14.0. The number of morpholine rings is 1. The zero-order chi connectivity index (χ0) is 25.7. The second kappa shape index (κ2) is 11.9. The molecule has 0 spiro atoms. The van der Waals surface area contributed by atoms with E-state index in [4.69, 9.17) is 14.2 Å². The van der Waals surface area contributed by atoms with E-state index < -0.39 is 11.1 Å². The Balaban J connectivity index is 1.51. The van der Waals surface area contributed by atoms with E-state index in [9.17, 15) is 18.8 Å². The van der Waals surface area contributed by atoms with Crippen molar-refractivity contribution in [2.24, 2.45) is 0 Å². The molecule has 0 aromatic heterocycles. The standard InChI is InChI=1S/C25H24BrFN2O6S/c1-2-34-20-12-16(11-18(26)23(20)35-15-17-5-3-4-6-19(17)27)13-21-24(31)29(25(32)36-21)14-22(30)28-7-9-33-10-8-28/h3-6,11-13H,2,7-10,14-15H2,1H3/b21-13-. The molecule has 11 heteroatoms. The fourth-order valence-corrected chi connectivity index (χ4v) is 5.09. The van der Waals surface area contributed by atoms with Crippen LogP contribution in [0.25, 0.3) is 6.08 Å². The predicted octanol–water partition coefficient (Wildman–Crippen LogP) is 4.46. The van der Waals surface area contributed by atoms with Gasteiger partial charge in [0.15, 0.2) is 11.5 Å². The molecule has 0 aliphatic carbocycles. The lowest BCUT2D eigenvalue weighted by Crippen LogP contribution is -2.46. The number of hydrogen-bond acceptors (Lipinski definition) is 7. The summed E-state index contributed by atoms with van der Waals surface area (Å²) in [6, 6.07) is 9.73. The van der Waals surface area contributed by atoms with E-state index >= 15 is 0 Å². The summed E-state index contributed by atoms with van der Waals surface area (Å²) in [6.07, 6.45) is 1.57. The van der Waals surface area contributed by atoms with Crippen molar-refractivity contribution < 1.29 is 33.0 Å². The molecule has 2 heterocycles. The Bertz CT molecular complexity index is 1200. The topological polar surface area (TPSA) is 85.4 Å². The molecule has 36 heavy (non-hydrogen) atoms. The van der Waals surface area contributed by atoms with Crippen molar-refractivity contribution in [2.45, 2.75) is 13.5 Å². The second-order valence-electron chi connectivity index (χ2n) is 7.90. The highest BCUT2D eigenvalue weighted by Crippen LogP contribution is 2.39. The molecule has 2 fully saturated rings. The Hall–Kier alpha value is -2.89. The monoisotopic (exact) mass is 578 g/mol. The third-order valence-corrected chi connectivity index (χ3v) is 6.99. The zero-order valence-electron chi connectivity index (χ0n) is 19.5. The highest BCUT2D eigenvalue weighted by atomic mass is 79.9. The fourth-order valence-electron chi connectivity index (χ4n) is 3.68. The first-order chi connectivity index (χ1) is 17.4. The maximum atomic E-state index is 14.0. The average Bonchev–Trinajstić information content (AvgIpc) is 3.12. The van der Waals surface area contributed by atoms with Gasteiger partial charge >= 0.3 is 0 Å². The van der Waals surface area contributed by atoms with Crippen LogP contribution >= 0.6 is 27.7 Å². The van der Waals surface area contributed by atoms with Gasteiger partial charge in [-0.1, -0.05) is 18.2 Å². The van der Waals surface area contributed by atoms with Crippen molar-refractivity contribution in [1.82, 2.24) is 9.80 Å². The summed E-state index contributed by atoms with van der Waals surface area (Å²) >= 11 is 4.25. The van der Waals surface area contributed by atoms with Crippen LogP contribution in [0.1, 0.15) is 18.1 Å². The number of imide groups is 1. The normalized spacial score (nSPS) is 17.1. The first kappa shape index (κ1) is 26.2. The van der Waals surface area contributed by atoms with Gasteiger partial charge in [-0.25, -0.2) is 4.39 Å². The van der Waals surface area contributed by atoms with Gasteiger partial charge in [0.1, 0.15) is 19.0 Å². The van der Waals surface area contributed by atoms with Crippen molar-refractivity contribution >= 4 is 50.8 Å². The van der Waals surface area contributed by atoms with Crippen molar-refractivity contribution in [1.29, 1.82) is 0 Å². The number of carbonyl (C=O) groups excluding carboxylic acids is 3. The molecular weight excluding hydrogens is 555 g/mol. The van der Waals surface area contributed by atoms with Crippen LogP contribution in [0.3, 0.4) is 0 Å². The second-order valence-corrected chi connectivity index (χ2v) is 9.75. The molecule has 2 aliphatic rings. The largest absolute Gasteiger partial charge is 0.490 e. The summed E-state index contributed by atoms with van der Waals surface area (Å²) in [6.45, 7) is 3.60. The minimum absolute atomic E-state index is 0.000749. The molecule has 2 aromatic rings. The van der Waals surface area contributed by atoms with Crippen molar-refractivity contribution in [3.05, 3.63) is 62.7 Å². The number of carbonyl (C=O) groups is 3. The Morgan fingerprint density at radius 1 is 1.19 bits per heavy atom. The van der Waals surface area contributed by atoms with Crippen LogP contribution in [0.4, 0.5) is 9.18 Å². The van der Waals surface area contributed by atoms with Gasteiger partial charge in [-0.3, -0.25) is 19.3 Å². The van der Waals surface area contributed by atoms with Crippen LogP contribution in [-0.4, -0.2) is 66.3 Å². The van der Waals surface area contributed by atoms with E-state index in [1.165, 1.54) is 6.07 Å². The van der Waals surface area contributed by atoms with Gasteiger partial charge in [-0.15, -0.1) is 0 Å². The molecule has 3 amide bonds. The number of benzene rings is 2. The van der Waals surface area contributed by atoms with E-state index in [-0.39, 0.29) is 29.8 Å². The Morgan fingerprint density at radius 2 is 1.94 bits per heavy atom. The van der Waals surface area contributed by atoms with E-state index in [2.05, 4.69) is 15.9 Å². The van der Waals surface area contributed by atoms with Gasteiger partial charge in [-0.2, -0.15) is 0 Å². The molecule has 0 saturated carbocycles. The van der Waals surface area contributed by atoms with Crippen LogP contribution in [0.15, 0.2) is 45.8 Å². The number of nitrogens with zero attached hydrogens (tertiary/aromatic N) is 2. The summed E-state index contributed by atoms with van der Waals surface area (Å²) in [5, 5.41) is -0.498. The molecule has 0 N–H and O–H groups in total. The Morgan fingerprint density at radius 3 is 2.67 bits per heavy atom. The summed E-state index contributed by atoms with van der Waals surface area (Å²) in [7, 11) is 0. The molecule has 0 atom stereocenters. The SMILES string of the molecule is CCOc1cc(/C=C2\SC(=O)N(CC(=O)N3CCOCC3)C2=O)cc(Br)c1OCc1ccccc1F. The lowest BCUT2D eigenvalue weighted by Gasteiger charge is -2.28. The van der Waals surface area contributed by atoms with Gasteiger partial charge in [0.25, 0.3) is 11.1 Å². The Kier molecular flexibility index (Phi) is 8.65. The highest BCUT2D eigenvalue weighted by Gasteiger charge is 2.37. The third kappa shape index (κ3) is 6.08. The number of amides is 3. The van der Waals surface area contributed by atoms with Crippen LogP contribution in [0.5, 0.6) is 11.5 Å². The molecular formula is C25H24BrFN2O6S. The minimum atomic E-state index is -0.527. The molecule has 0 bridgehead atoms. The average molecular weight is 579 g/mol. The lowest BCUT2D eigenvalue weighted by atomic mass is 10.1. The molecule has 4 rings (SSSR count). The van der Waals surface area contributed by atoms with Gasteiger partial charge in [0.2, 0.25) is 5.91 Å². The molecule has 2 aromatic carbocycles. The van der Waals surface area contributed by atoms with Crippen LogP contribution < -0.4 is 9.47 Å². The van der Waals surface area contributed by atoms with Gasteiger partial charge < -0.3 is 19.1 Å².